The molecule has 0 unspecified atom stereocenters. The van der Waals surface area contributed by atoms with E-state index in [2.05, 4.69) is 4.98 Å². The van der Waals surface area contributed by atoms with Crippen LogP contribution in [-0.4, -0.2) is 36.2 Å². The fraction of sp³-hybridized carbons (Fsp3) is 0.500. The standard InChI is InChI=1S/C12H17N3O3S/c13-12(16)9-15(10-4-1-2-5-10)19(17,18)11-6-3-7-14-8-11/h3,6-8,10H,1-2,4-5,9H2,(H2,13,16). The lowest BCUT2D eigenvalue weighted by molar-refractivity contribution is -0.118. The second-order valence-electron chi connectivity index (χ2n) is 4.64. The van der Waals surface area contributed by atoms with Crippen LogP contribution in [0.3, 0.4) is 0 Å². The minimum atomic E-state index is -3.71. The summed E-state index contributed by atoms with van der Waals surface area (Å²) in [7, 11) is -3.71. The Morgan fingerprint density at radius 2 is 2.11 bits per heavy atom. The van der Waals surface area contributed by atoms with Crippen molar-refractivity contribution in [1.29, 1.82) is 0 Å². The lowest BCUT2D eigenvalue weighted by Crippen LogP contribution is -2.44. The van der Waals surface area contributed by atoms with E-state index in [1.165, 1.54) is 22.8 Å². The Morgan fingerprint density at radius 1 is 1.42 bits per heavy atom. The van der Waals surface area contributed by atoms with Gasteiger partial charge in [0.05, 0.1) is 6.54 Å². The monoisotopic (exact) mass is 283 g/mol. The number of nitrogens with two attached hydrogens (primary N) is 1. The number of pyridine rings is 1. The van der Waals surface area contributed by atoms with Crippen LogP contribution in [0.1, 0.15) is 25.7 Å². The molecule has 1 aliphatic carbocycles. The first-order valence-electron chi connectivity index (χ1n) is 6.22. The Labute approximate surface area is 112 Å². The summed E-state index contributed by atoms with van der Waals surface area (Å²) in [6.07, 6.45) is 6.29. The van der Waals surface area contributed by atoms with Crippen molar-refractivity contribution < 1.29 is 13.2 Å². The number of carbonyl (C=O) groups is 1. The normalized spacial score (nSPS) is 16.9. The van der Waals surface area contributed by atoms with E-state index in [1.54, 1.807) is 6.07 Å². The molecule has 19 heavy (non-hydrogen) atoms. The second kappa shape index (κ2) is 5.66. The molecule has 1 aliphatic rings. The molecule has 1 saturated carbocycles. The Balaban J connectivity index is 2.34. The first-order valence-corrected chi connectivity index (χ1v) is 7.66. The molecular weight excluding hydrogens is 266 g/mol. The molecule has 0 bridgehead atoms. The van der Waals surface area contributed by atoms with Gasteiger partial charge in [0, 0.05) is 18.4 Å². The summed E-state index contributed by atoms with van der Waals surface area (Å²) in [5.41, 5.74) is 5.18. The van der Waals surface area contributed by atoms with Crippen molar-refractivity contribution in [2.75, 3.05) is 6.54 Å². The van der Waals surface area contributed by atoms with E-state index < -0.39 is 15.9 Å². The van der Waals surface area contributed by atoms with Crippen LogP contribution in [-0.2, 0) is 14.8 Å². The molecule has 0 radical (unpaired) electrons. The van der Waals surface area contributed by atoms with Crippen molar-refractivity contribution in [2.45, 2.75) is 36.6 Å². The number of sulfonamides is 1. The Kier molecular flexibility index (Phi) is 4.16. The zero-order valence-corrected chi connectivity index (χ0v) is 11.3. The molecule has 0 aromatic carbocycles. The van der Waals surface area contributed by atoms with E-state index in [4.69, 9.17) is 5.73 Å². The highest BCUT2D eigenvalue weighted by atomic mass is 32.2. The number of aromatic nitrogens is 1. The summed E-state index contributed by atoms with van der Waals surface area (Å²) in [6.45, 7) is -0.276. The predicted octanol–water partition coefficient (Wildman–Crippen LogP) is 0.500. The second-order valence-corrected chi connectivity index (χ2v) is 6.53. The molecule has 0 atom stereocenters. The minimum Gasteiger partial charge on any atom is -0.369 e. The average Bonchev–Trinajstić information content (AvgIpc) is 2.90. The van der Waals surface area contributed by atoms with E-state index in [1.807, 2.05) is 0 Å². The Bertz CT molecular complexity index is 539. The van der Waals surface area contributed by atoms with Crippen molar-refractivity contribution in [1.82, 2.24) is 9.29 Å². The van der Waals surface area contributed by atoms with Gasteiger partial charge in [-0.2, -0.15) is 4.31 Å². The van der Waals surface area contributed by atoms with Crippen molar-refractivity contribution in [3.8, 4) is 0 Å². The van der Waals surface area contributed by atoms with Crippen molar-refractivity contribution in [3.05, 3.63) is 24.5 Å². The summed E-state index contributed by atoms with van der Waals surface area (Å²) >= 11 is 0. The smallest absolute Gasteiger partial charge is 0.245 e. The van der Waals surface area contributed by atoms with Crippen LogP contribution in [0.25, 0.3) is 0 Å². The third-order valence-corrected chi connectivity index (χ3v) is 5.17. The van der Waals surface area contributed by atoms with Gasteiger partial charge in [0.1, 0.15) is 4.90 Å². The SMILES string of the molecule is NC(=O)CN(C1CCCC1)S(=O)(=O)c1cccnc1. The van der Waals surface area contributed by atoms with Gasteiger partial charge in [-0.25, -0.2) is 8.42 Å². The number of primary amides is 1. The van der Waals surface area contributed by atoms with Gasteiger partial charge in [0.25, 0.3) is 0 Å². The minimum absolute atomic E-state index is 0.100. The molecule has 0 spiro atoms. The summed E-state index contributed by atoms with van der Waals surface area (Å²) in [6, 6.07) is 2.90. The molecule has 1 aromatic heterocycles. The highest BCUT2D eigenvalue weighted by Gasteiger charge is 2.34. The molecule has 1 aromatic rings. The largest absolute Gasteiger partial charge is 0.369 e. The van der Waals surface area contributed by atoms with Gasteiger partial charge in [-0.05, 0) is 25.0 Å². The van der Waals surface area contributed by atoms with Crippen LogP contribution in [0.15, 0.2) is 29.4 Å². The zero-order valence-electron chi connectivity index (χ0n) is 10.5. The molecule has 1 heterocycles. The van der Waals surface area contributed by atoms with E-state index in [0.29, 0.717) is 0 Å². The van der Waals surface area contributed by atoms with Crippen LogP contribution in [0.5, 0.6) is 0 Å². The van der Waals surface area contributed by atoms with Crippen LogP contribution >= 0.6 is 0 Å². The van der Waals surface area contributed by atoms with E-state index >= 15 is 0 Å². The predicted molar refractivity (Wildman–Crippen MR) is 69.6 cm³/mol. The van der Waals surface area contributed by atoms with Gasteiger partial charge in [0.2, 0.25) is 15.9 Å². The van der Waals surface area contributed by atoms with E-state index in [0.717, 1.165) is 25.7 Å². The maximum absolute atomic E-state index is 12.5. The highest BCUT2D eigenvalue weighted by Crippen LogP contribution is 2.28. The average molecular weight is 283 g/mol. The zero-order chi connectivity index (χ0) is 13.9. The quantitative estimate of drug-likeness (QED) is 0.851. The fourth-order valence-electron chi connectivity index (χ4n) is 2.39. The third kappa shape index (κ3) is 3.10. The molecule has 2 N–H and O–H groups in total. The number of rotatable bonds is 5. The molecule has 0 aliphatic heterocycles. The summed E-state index contributed by atoms with van der Waals surface area (Å²) < 4.78 is 26.3. The van der Waals surface area contributed by atoms with Crippen molar-refractivity contribution in [3.63, 3.8) is 0 Å². The fourth-order valence-corrected chi connectivity index (χ4v) is 4.01. The molecule has 2 rings (SSSR count). The lowest BCUT2D eigenvalue weighted by atomic mass is 10.2. The molecule has 1 amide bonds. The van der Waals surface area contributed by atoms with Gasteiger partial charge < -0.3 is 5.73 Å². The lowest BCUT2D eigenvalue weighted by Gasteiger charge is -2.26. The van der Waals surface area contributed by atoms with Crippen molar-refractivity contribution in [2.24, 2.45) is 5.73 Å². The van der Waals surface area contributed by atoms with Crippen LogP contribution in [0.4, 0.5) is 0 Å². The third-order valence-electron chi connectivity index (χ3n) is 3.28. The maximum Gasteiger partial charge on any atom is 0.245 e. The number of hydrogen-bond donors (Lipinski definition) is 1. The van der Waals surface area contributed by atoms with Gasteiger partial charge in [-0.3, -0.25) is 9.78 Å². The van der Waals surface area contributed by atoms with Crippen LogP contribution < -0.4 is 5.73 Å². The van der Waals surface area contributed by atoms with Gasteiger partial charge in [-0.15, -0.1) is 0 Å². The van der Waals surface area contributed by atoms with Crippen molar-refractivity contribution >= 4 is 15.9 Å². The first-order chi connectivity index (χ1) is 9.01. The van der Waals surface area contributed by atoms with Crippen LogP contribution in [0, 0.1) is 0 Å². The van der Waals surface area contributed by atoms with E-state index in [-0.39, 0.29) is 17.5 Å². The summed E-state index contributed by atoms with van der Waals surface area (Å²) in [4.78, 5) is 15.1. The Hall–Kier alpha value is -1.47. The molecular formula is C12H17N3O3S. The topological polar surface area (TPSA) is 93.4 Å². The number of amides is 1. The summed E-state index contributed by atoms with van der Waals surface area (Å²) in [5, 5.41) is 0. The van der Waals surface area contributed by atoms with Gasteiger partial charge >= 0.3 is 0 Å². The molecule has 6 nitrogen and oxygen atoms in total. The molecule has 7 heteroatoms. The van der Waals surface area contributed by atoms with Gasteiger partial charge in [0.15, 0.2) is 0 Å². The van der Waals surface area contributed by atoms with Crippen LogP contribution in [0.2, 0.25) is 0 Å². The number of carbonyl (C=O) groups excluding carboxylic acids is 1. The van der Waals surface area contributed by atoms with E-state index in [9.17, 15) is 13.2 Å². The number of hydrogen-bond acceptors (Lipinski definition) is 4. The molecule has 0 saturated heterocycles. The first kappa shape index (κ1) is 14.0. The Morgan fingerprint density at radius 3 is 2.63 bits per heavy atom. The maximum atomic E-state index is 12.5. The van der Waals surface area contributed by atoms with Gasteiger partial charge in [-0.1, -0.05) is 12.8 Å². The number of nitrogens with zero attached hydrogens (tertiary/aromatic N) is 2. The molecule has 104 valence electrons. The summed E-state index contributed by atoms with van der Waals surface area (Å²) in [5.74, 6) is -0.639. The molecule has 1 fully saturated rings. The highest BCUT2D eigenvalue weighted by molar-refractivity contribution is 7.89.